The molecule has 5 rings (SSSR count). The topological polar surface area (TPSA) is 81.2 Å². The van der Waals surface area contributed by atoms with E-state index >= 15 is 0 Å². The zero-order chi connectivity index (χ0) is 19.5. The Morgan fingerprint density at radius 3 is 2.64 bits per heavy atom. The van der Waals surface area contributed by atoms with E-state index < -0.39 is 10.0 Å². The van der Waals surface area contributed by atoms with Gasteiger partial charge in [0.1, 0.15) is 5.52 Å². The van der Waals surface area contributed by atoms with Crippen LogP contribution in [0.4, 0.5) is 0 Å². The molecule has 148 valence electrons. The third-order valence-corrected chi connectivity index (χ3v) is 8.98. The van der Waals surface area contributed by atoms with Crippen molar-refractivity contribution in [1.82, 2.24) is 18.8 Å². The normalized spacial score (nSPS) is 25.6. The third kappa shape index (κ3) is 3.05. The van der Waals surface area contributed by atoms with E-state index in [1.54, 1.807) is 29.4 Å². The van der Waals surface area contributed by atoms with Crippen LogP contribution in [0.2, 0.25) is 0 Å². The van der Waals surface area contributed by atoms with E-state index in [4.69, 9.17) is 4.42 Å². The molecule has 0 N–H and O–H groups in total. The van der Waals surface area contributed by atoms with Crippen molar-refractivity contribution in [3.8, 4) is 0 Å². The van der Waals surface area contributed by atoms with Gasteiger partial charge in [0.2, 0.25) is 10.0 Å². The lowest BCUT2D eigenvalue weighted by atomic mass is 10.0. The van der Waals surface area contributed by atoms with E-state index in [1.165, 1.54) is 0 Å². The molecule has 28 heavy (non-hydrogen) atoms. The van der Waals surface area contributed by atoms with E-state index in [9.17, 15) is 8.42 Å². The van der Waals surface area contributed by atoms with Gasteiger partial charge in [-0.15, -0.1) is 0 Å². The van der Waals surface area contributed by atoms with Gasteiger partial charge >= 0.3 is 0 Å². The summed E-state index contributed by atoms with van der Waals surface area (Å²) in [5.74, 6) is 1.38. The van der Waals surface area contributed by atoms with E-state index in [-0.39, 0.29) is 0 Å². The second kappa shape index (κ2) is 6.60. The highest BCUT2D eigenvalue weighted by atomic mass is 32.2. The van der Waals surface area contributed by atoms with Crippen LogP contribution in [0.15, 0.2) is 45.1 Å². The number of oxazole rings is 1. The Kier molecular flexibility index (Phi) is 4.29. The molecule has 0 radical (unpaired) electrons. The highest BCUT2D eigenvalue weighted by Crippen LogP contribution is 2.45. The Labute approximate surface area is 168 Å². The molecule has 1 saturated carbocycles. The van der Waals surface area contributed by atoms with Crippen LogP contribution < -0.4 is 0 Å². The number of rotatable bonds is 4. The third-order valence-electron chi connectivity index (χ3n) is 5.83. The average Bonchev–Trinajstić information content (AvgIpc) is 3.38. The van der Waals surface area contributed by atoms with Crippen molar-refractivity contribution in [2.24, 2.45) is 18.9 Å². The van der Waals surface area contributed by atoms with Gasteiger partial charge in [-0.3, -0.25) is 0 Å². The van der Waals surface area contributed by atoms with Gasteiger partial charge in [0.25, 0.3) is 0 Å². The molecule has 0 amide bonds. The van der Waals surface area contributed by atoms with Crippen LogP contribution in [0, 0.1) is 18.8 Å². The van der Waals surface area contributed by atoms with Crippen molar-refractivity contribution in [2.45, 2.75) is 35.1 Å². The summed E-state index contributed by atoms with van der Waals surface area (Å²) in [6.45, 7) is 2.95. The number of fused-ring (bicyclic) bond motifs is 2. The summed E-state index contributed by atoms with van der Waals surface area (Å²) in [5.41, 5.74) is 1.20. The van der Waals surface area contributed by atoms with E-state index in [2.05, 4.69) is 9.97 Å². The SMILES string of the molecule is Cc1nc2cc(S(=O)(=O)N3C[C@H]4C[C@H](Sc5nccn5C)C[C@H]4C3)ccc2o1. The smallest absolute Gasteiger partial charge is 0.243 e. The van der Waals surface area contributed by atoms with Crippen LogP contribution in [0.1, 0.15) is 18.7 Å². The summed E-state index contributed by atoms with van der Waals surface area (Å²) in [4.78, 5) is 8.96. The fourth-order valence-corrected chi connectivity index (χ4v) is 7.35. The Morgan fingerprint density at radius 2 is 1.96 bits per heavy atom. The zero-order valence-electron chi connectivity index (χ0n) is 15.8. The largest absolute Gasteiger partial charge is 0.441 e. The van der Waals surface area contributed by atoms with Gasteiger partial charge in [-0.2, -0.15) is 4.31 Å². The number of hydrogen-bond donors (Lipinski definition) is 0. The lowest BCUT2D eigenvalue weighted by molar-refractivity contribution is 0.447. The van der Waals surface area contributed by atoms with Gasteiger partial charge in [-0.1, -0.05) is 11.8 Å². The fraction of sp³-hybridized carbons (Fsp3) is 0.474. The van der Waals surface area contributed by atoms with Crippen molar-refractivity contribution in [3.63, 3.8) is 0 Å². The van der Waals surface area contributed by atoms with E-state index in [0.29, 0.717) is 52.1 Å². The standard InChI is InChI=1S/C19H22N4O3S2/c1-12-21-17-9-16(3-4-18(17)26-12)28(24,25)23-10-13-7-15(8-14(13)11-23)27-19-20-5-6-22(19)2/h3-6,9,13-15H,7-8,10-11H2,1-2H3/t13-,14+,15+. The summed E-state index contributed by atoms with van der Waals surface area (Å²) in [5, 5.41) is 1.54. The number of nitrogens with zero attached hydrogens (tertiary/aromatic N) is 4. The number of imidazole rings is 1. The molecular weight excluding hydrogens is 396 g/mol. The molecule has 1 saturated heterocycles. The van der Waals surface area contributed by atoms with Gasteiger partial charge in [0, 0.05) is 44.7 Å². The molecular formula is C19H22N4O3S2. The number of aromatic nitrogens is 3. The highest BCUT2D eigenvalue weighted by Gasteiger charge is 2.45. The summed E-state index contributed by atoms with van der Waals surface area (Å²) >= 11 is 1.82. The molecule has 2 aliphatic rings. The number of thioether (sulfide) groups is 1. The maximum Gasteiger partial charge on any atom is 0.243 e. The molecule has 1 aromatic carbocycles. The van der Waals surface area contributed by atoms with Crippen molar-refractivity contribution in [3.05, 3.63) is 36.5 Å². The number of hydrogen-bond acceptors (Lipinski definition) is 6. The number of benzene rings is 1. The van der Waals surface area contributed by atoms with Crippen LogP contribution in [-0.4, -0.2) is 45.6 Å². The Morgan fingerprint density at radius 1 is 1.21 bits per heavy atom. The first-order valence-corrected chi connectivity index (χ1v) is 11.7. The minimum Gasteiger partial charge on any atom is -0.441 e. The molecule has 1 aliphatic carbocycles. The van der Waals surface area contributed by atoms with Gasteiger partial charge in [-0.25, -0.2) is 18.4 Å². The Balaban J connectivity index is 1.30. The second-order valence-electron chi connectivity index (χ2n) is 7.74. The number of sulfonamides is 1. The predicted octanol–water partition coefficient (Wildman–Crippen LogP) is 3.06. The van der Waals surface area contributed by atoms with Crippen LogP contribution in [-0.2, 0) is 17.1 Å². The molecule has 9 heteroatoms. The molecule has 3 atom stereocenters. The summed E-state index contributed by atoms with van der Waals surface area (Å²) in [6.07, 6.45) is 5.85. The van der Waals surface area contributed by atoms with Crippen molar-refractivity contribution >= 4 is 32.9 Å². The van der Waals surface area contributed by atoms with E-state index in [0.717, 1.165) is 18.0 Å². The molecule has 7 nitrogen and oxygen atoms in total. The van der Waals surface area contributed by atoms with Gasteiger partial charge in [0.15, 0.2) is 16.6 Å². The maximum absolute atomic E-state index is 13.1. The summed E-state index contributed by atoms with van der Waals surface area (Å²) < 4.78 is 35.4. The second-order valence-corrected chi connectivity index (χ2v) is 10.9. The quantitative estimate of drug-likeness (QED) is 0.648. The Hall–Kier alpha value is -1.84. The lowest BCUT2D eigenvalue weighted by Crippen LogP contribution is -2.30. The van der Waals surface area contributed by atoms with Crippen LogP contribution in [0.25, 0.3) is 11.1 Å². The summed E-state index contributed by atoms with van der Waals surface area (Å²) in [6, 6.07) is 4.93. The van der Waals surface area contributed by atoms with Gasteiger partial charge in [-0.05, 0) is 42.9 Å². The van der Waals surface area contributed by atoms with Crippen LogP contribution >= 0.6 is 11.8 Å². The van der Waals surface area contributed by atoms with Crippen LogP contribution in [0.3, 0.4) is 0 Å². The maximum atomic E-state index is 13.1. The molecule has 1 aliphatic heterocycles. The van der Waals surface area contributed by atoms with Crippen molar-refractivity contribution < 1.29 is 12.8 Å². The molecule has 0 spiro atoms. The van der Waals surface area contributed by atoms with Crippen molar-refractivity contribution in [2.75, 3.05) is 13.1 Å². The first-order chi connectivity index (χ1) is 13.4. The van der Waals surface area contributed by atoms with Gasteiger partial charge < -0.3 is 8.98 Å². The monoisotopic (exact) mass is 418 g/mol. The first-order valence-electron chi connectivity index (χ1n) is 9.41. The number of aryl methyl sites for hydroxylation is 2. The molecule has 3 aromatic rings. The lowest BCUT2D eigenvalue weighted by Gasteiger charge is -2.19. The van der Waals surface area contributed by atoms with Gasteiger partial charge in [0.05, 0.1) is 4.90 Å². The highest BCUT2D eigenvalue weighted by molar-refractivity contribution is 7.99. The fourth-order valence-electron chi connectivity index (χ4n) is 4.44. The first kappa shape index (κ1) is 18.2. The predicted molar refractivity (Wildman–Crippen MR) is 107 cm³/mol. The minimum absolute atomic E-state index is 0.298. The van der Waals surface area contributed by atoms with E-state index in [1.807, 2.05) is 35.8 Å². The molecule has 2 fully saturated rings. The molecule has 0 bridgehead atoms. The zero-order valence-corrected chi connectivity index (χ0v) is 17.4. The summed E-state index contributed by atoms with van der Waals surface area (Å²) in [7, 11) is -1.50. The minimum atomic E-state index is -3.51. The van der Waals surface area contributed by atoms with Crippen LogP contribution in [0.5, 0.6) is 0 Å². The molecule has 0 unspecified atom stereocenters. The average molecular weight is 419 g/mol. The molecule has 2 aromatic heterocycles. The molecule has 3 heterocycles. The van der Waals surface area contributed by atoms with Crippen molar-refractivity contribution in [1.29, 1.82) is 0 Å². The Bertz CT molecular complexity index is 1120.